The number of carbonyl (C=O) groups is 2. The summed E-state index contributed by atoms with van der Waals surface area (Å²) in [5, 5.41) is 3.58. The summed E-state index contributed by atoms with van der Waals surface area (Å²) in [5.74, 6) is -0.226. The Morgan fingerprint density at radius 1 is 1.28 bits per heavy atom. The highest BCUT2D eigenvalue weighted by Gasteiger charge is 2.22. The van der Waals surface area contributed by atoms with Crippen molar-refractivity contribution in [2.24, 2.45) is 0 Å². The lowest BCUT2D eigenvalue weighted by atomic mass is 10.1. The maximum atomic E-state index is 12.0. The molecule has 8 heteroatoms. The van der Waals surface area contributed by atoms with E-state index in [0.29, 0.717) is 26.5 Å². The van der Waals surface area contributed by atoms with Gasteiger partial charge in [-0.05, 0) is 37.1 Å². The van der Waals surface area contributed by atoms with Crippen molar-refractivity contribution in [1.82, 2.24) is 4.98 Å². The van der Waals surface area contributed by atoms with Gasteiger partial charge in [-0.1, -0.05) is 36.8 Å². The molecule has 2 aromatic rings. The van der Waals surface area contributed by atoms with Crippen molar-refractivity contribution >= 4 is 39.9 Å². The number of rotatable bonds is 7. The highest BCUT2D eigenvalue weighted by Crippen LogP contribution is 2.29. The van der Waals surface area contributed by atoms with E-state index >= 15 is 0 Å². The highest BCUT2D eigenvalue weighted by molar-refractivity contribution is 7.17. The molecule has 1 aromatic heterocycles. The molecule has 134 valence electrons. The van der Waals surface area contributed by atoms with Gasteiger partial charge in [-0.15, -0.1) is 0 Å². The standard InChI is InChI=1S/C17H19ClN2O4S/c1-4-23-16(22)15-14(10(2)3)20-17(25-15)19-13(21)9-24-12-7-5-11(18)6-8-12/h5-8,10H,4,9H2,1-3H3,(H,19,20,21). The second-order valence-corrected chi connectivity index (χ2v) is 6.83. The fraction of sp³-hybridized carbons (Fsp3) is 0.353. The number of aromatic nitrogens is 1. The van der Waals surface area contributed by atoms with E-state index in [1.54, 1.807) is 31.2 Å². The number of anilines is 1. The summed E-state index contributed by atoms with van der Waals surface area (Å²) in [6.45, 7) is 5.70. The molecule has 0 aliphatic carbocycles. The fourth-order valence-corrected chi connectivity index (χ4v) is 3.11. The minimum Gasteiger partial charge on any atom is -0.484 e. The van der Waals surface area contributed by atoms with Gasteiger partial charge in [-0.25, -0.2) is 9.78 Å². The number of halogens is 1. The zero-order valence-corrected chi connectivity index (χ0v) is 15.7. The monoisotopic (exact) mass is 382 g/mol. The van der Waals surface area contributed by atoms with Crippen LogP contribution in [0.3, 0.4) is 0 Å². The third-order valence-electron chi connectivity index (χ3n) is 3.09. The lowest BCUT2D eigenvalue weighted by Gasteiger charge is -2.05. The second-order valence-electron chi connectivity index (χ2n) is 5.40. The summed E-state index contributed by atoms with van der Waals surface area (Å²) < 4.78 is 10.4. The summed E-state index contributed by atoms with van der Waals surface area (Å²) in [7, 11) is 0. The number of esters is 1. The van der Waals surface area contributed by atoms with Gasteiger partial charge in [0.15, 0.2) is 11.7 Å². The molecule has 0 spiro atoms. The van der Waals surface area contributed by atoms with Crippen molar-refractivity contribution in [2.45, 2.75) is 26.7 Å². The first-order valence-electron chi connectivity index (χ1n) is 7.76. The van der Waals surface area contributed by atoms with Crippen molar-refractivity contribution < 1.29 is 19.1 Å². The third kappa shape index (κ3) is 5.44. The first kappa shape index (κ1) is 19.2. The number of hydrogen-bond donors (Lipinski definition) is 1. The minimum atomic E-state index is -0.429. The Kier molecular flexibility index (Phi) is 6.78. The number of hydrogen-bond acceptors (Lipinski definition) is 6. The van der Waals surface area contributed by atoms with E-state index in [1.807, 2.05) is 13.8 Å². The Labute approximate surface area is 155 Å². The molecule has 1 N–H and O–H groups in total. The van der Waals surface area contributed by atoms with E-state index in [1.165, 1.54) is 0 Å². The number of carbonyl (C=O) groups excluding carboxylic acids is 2. The number of amides is 1. The average molecular weight is 383 g/mol. The van der Waals surface area contributed by atoms with Gasteiger partial charge in [0.05, 0.1) is 12.3 Å². The van der Waals surface area contributed by atoms with Crippen LogP contribution in [0.4, 0.5) is 5.13 Å². The molecule has 0 saturated carbocycles. The summed E-state index contributed by atoms with van der Waals surface area (Å²) in [5.41, 5.74) is 0.609. The van der Waals surface area contributed by atoms with Crippen LogP contribution in [-0.2, 0) is 9.53 Å². The van der Waals surface area contributed by atoms with Gasteiger partial charge >= 0.3 is 5.97 Å². The van der Waals surface area contributed by atoms with Crippen LogP contribution in [0.5, 0.6) is 5.75 Å². The number of nitrogens with zero attached hydrogens (tertiary/aromatic N) is 1. The van der Waals surface area contributed by atoms with Crippen LogP contribution in [0.1, 0.15) is 42.1 Å². The minimum absolute atomic E-state index is 0.0339. The molecule has 0 radical (unpaired) electrons. The summed E-state index contributed by atoms with van der Waals surface area (Å²) in [6, 6.07) is 6.70. The summed E-state index contributed by atoms with van der Waals surface area (Å²) >= 11 is 6.89. The van der Waals surface area contributed by atoms with Gasteiger partial charge in [0.2, 0.25) is 0 Å². The molecule has 1 heterocycles. The number of thiazole rings is 1. The van der Waals surface area contributed by atoms with Gasteiger partial charge in [0.25, 0.3) is 5.91 Å². The van der Waals surface area contributed by atoms with Crippen LogP contribution in [0.25, 0.3) is 0 Å². The molecule has 0 aliphatic heterocycles. The third-order valence-corrected chi connectivity index (χ3v) is 4.31. The van der Waals surface area contributed by atoms with Crippen LogP contribution in [0.15, 0.2) is 24.3 Å². The average Bonchev–Trinajstić information content (AvgIpc) is 2.99. The first-order valence-corrected chi connectivity index (χ1v) is 8.96. The van der Waals surface area contributed by atoms with Gasteiger partial charge < -0.3 is 9.47 Å². The zero-order valence-electron chi connectivity index (χ0n) is 14.2. The van der Waals surface area contributed by atoms with Crippen LogP contribution in [-0.4, -0.2) is 30.1 Å². The Morgan fingerprint density at radius 2 is 1.96 bits per heavy atom. The molecule has 6 nitrogen and oxygen atoms in total. The molecule has 2 rings (SSSR count). The van der Waals surface area contributed by atoms with Gasteiger partial charge in [-0.3, -0.25) is 10.1 Å². The quantitative estimate of drug-likeness (QED) is 0.729. The van der Waals surface area contributed by atoms with Crippen molar-refractivity contribution in [3.8, 4) is 5.75 Å². The number of nitrogens with one attached hydrogen (secondary N) is 1. The topological polar surface area (TPSA) is 77.5 Å². The van der Waals surface area contributed by atoms with E-state index in [2.05, 4.69) is 10.3 Å². The Morgan fingerprint density at radius 3 is 2.56 bits per heavy atom. The lowest BCUT2D eigenvalue weighted by Crippen LogP contribution is -2.20. The highest BCUT2D eigenvalue weighted by atomic mass is 35.5. The molecular weight excluding hydrogens is 364 g/mol. The predicted octanol–water partition coefficient (Wildman–Crippen LogP) is 4.11. The Bertz CT molecular complexity index is 744. The molecule has 0 aliphatic rings. The summed E-state index contributed by atoms with van der Waals surface area (Å²) in [4.78, 5) is 28.8. The van der Waals surface area contributed by atoms with Crippen molar-refractivity contribution in [1.29, 1.82) is 0 Å². The van der Waals surface area contributed by atoms with E-state index < -0.39 is 5.97 Å². The smallest absolute Gasteiger partial charge is 0.350 e. The molecule has 0 saturated heterocycles. The molecule has 25 heavy (non-hydrogen) atoms. The molecule has 1 aromatic carbocycles. The molecule has 0 atom stereocenters. The molecule has 0 fully saturated rings. The van der Waals surface area contributed by atoms with Crippen LogP contribution in [0.2, 0.25) is 5.02 Å². The van der Waals surface area contributed by atoms with Crippen molar-refractivity contribution in [2.75, 3.05) is 18.5 Å². The van der Waals surface area contributed by atoms with Crippen molar-refractivity contribution in [3.05, 3.63) is 39.9 Å². The Balaban J connectivity index is 2.01. The van der Waals surface area contributed by atoms with Crippen molar-refractivity contribution in [3.63, 3.8) is 0 Å². The maximum absolute atomic E-state index is 12.0. The largest absolute Gasteiger partial charge is 0.484 e. The molecule has 0 unspecified atom stereocenters. The fourth-order valence-electron chi connectivity index (χ4n) is 1.95. The van der Waals surface area contributed by atoms with Gasteiger partial charge in [0, 0.05) is 5.02 Å². The normalized spacial score (nSPS) is 10.6. The van der Waals surface area contributed by atoms with Crippen LogP contribution >= 0.6 is 22.9 Å². The molecule has 0 bridgehead atoms. The zero-order chi connectivity index (χ0) is 18.4. The molecular formula is C17H19ClN2O4S. The predicted molar refractivity (Wildman–Crippen MR) is 97.7 cm³/mol. The maximum Gasteiger partial charge on any atom is 0.350 e. The van der Waals surface area contributed by atoms with Gasteiger partial charge in [-0.2, -0.15) is 0 Å². The molecule has 1 amide bonds. The summed E-state index contributed by atoms with van der Waals surface area (Å²) in [6.07, 6.45) is 0. The van der Waals surface area contributed by atoms with E-state index in [-0.39, 0.29) is 25.0 Å². The van der Waals surface area contributed by atoms with Crippen LogP contribution in [0, 0.1) is 0 Å². The van der Waals surface area contributed by atoms with E-state index in [9.17, 15) is 9.59 Å². The van der Waals surface area contributed by atoms with E-state index in [0.717, 1.165) is 11.3 Å². The van der Waals surface area contributed by atoms with Crippen LogP contribution < -0.4 is 10.1 Å². The first-order chi connectivity index (χ1) is 11.9. The Hall–Kier alpha value is -2.12. The lowest BCUT2D eigenvalue weighted by molar-refractivity contribution is -0.118. The number of ether oxygens (including phenoxy) is 2. The SMILES string of the molecule is CCOC(=O)c1sc(NC(=O)COc2ccc(Cl)cc2)nc1C(C)C. The van der Waals surface area contributed by atoms with E-state index in [4.69, 9.17) is 21.1 Å². The number of benzene rings is 1. The second kappa shape index (κ2) is 8.82. The van der Waals surface area contributed by atoms with Gasteiger partial charge in [0.1, 0.15) is 10.6 Å².